The van der Waals surface area contributed by atoms with Crippen LogP contribution in [0.15, 0.2) is 48.8 Å². The van der Waals surface area contributed by atoms with E-state index >= 15 is 0 Å². The lowest BCUT2D eigenvalue weighted by molar-refractivity contribution is 0.562. The third-order valence-corrected chi connectivity index (χ3v) is 3.73. The van der Waals surface area contributed by atoms with Crippen molar-refractivity contribution in [1.29, 1.82) is 0 Å². The van der Waals surface area contributed by atoms with Crippen LogP contribution in [0.2, 0.25) is 0 Å². The summed E-state index contributed by atoms with van der Waals surface area (Å²) in [6.45, 7) is 3.07. The van der Waals surface area contributed by atoms with Crippen molar-refractivity contribution >= 4 is 11.7 Å². The normalized spacial score (nSPS) is 12.4. The van der Waals surface area contributed by atoms with Crippen LogP contribution in [-0.4, -0.2) is 25.1 Å². The van der Waals surface area contributed by atoms with Crippen LogP contribution in [0.1, 0.15) is 30.8 Å². The fourth-order valence-electron chi connectivity index (χ4n) is 2.27. The molecule has 0 saturated heterocycles. The Balaban J connectivity index is 1.99. The SMILES string of the molecule is CCCNC(c1cnsn1)c1ccnn1-c1ccccc1. The van der Waals surface area contributed by atoms with Gasteiger partial charge in [-0.15, -0.1) is 0 Å². The zero-order valence-electron chi connectivity index (χ0n) is 11.8. The summed E-state index contributed by atoms with van der Waals surface area (Å²) in [7, 11) is 0. The zero-order chi connectivity index (χ0) is 14.5. The average Bonchev–Trinajstić information content (AvgIpc) is 3.20. The highest BCUT2D eigenvalue weighted by Gasteiger charge is 2.20. The molecule has 2 heterocycles. The molecule has 0 amide bonds. The van der Waals surface area contributed by atoms with Crippen molar-refractivity contribution in [3.05, 3.63) is 60.2 Å². The van der Waals surface area contributed by atoms with E-state index in [0.717, 1.165) is 30.0 Å². The van der Waals surface area contributed by atoms with Crippen LogP contribution < -0.4 is 5.32 Å². The summed E-state index contributed by atoms with van der Waals surface area (Å²) >= 11 is 1.23. The quantitative estimate of drug-likeness (QED) is 0.760. The van der Waals surface area contributed by atoms with Crippen molar-refractivity contribution in [2.75, 3.05) is 6.54 Å². The Morgan fingerprint density at radius 2 is 2.10 bits per heavy atom. The van der Waals surface area contributed by atoms with Crippen LogP contribution in [0.5, 0.6) is 0 Å². The van der Waals surface area contributed by atoms with Crippen LogP contribution in [0.4, 0.5) is 0 Å². The van der Waals surface area contributed by atoms with E-state index in [1.165, 1.54) is 11.7 Å². The van der Waals surface area contributed by atoms with Crippen LogP contribution >= 0.6 is 11.7 Å². The van der Waals surface area contributed by atoms with Crippen molar-refractivity contribution < 1.29 is 0 Å². The van der Waals surface area contributed by atoms with E-state index in [9.17, 15) is 0 Å². The summed E-state index contributed by atoms with van der Waals surface area (Å²) < 4.78 is 10.5. The molecule has 21 heavy (non-hydrogen) atoms. The van der Waals surface area contributed by atoms with Crippen molar-refractivity contribution in [1.82, 2.24) is 23.8 Å². The molecule has 3 rings (SSSR count). The van der Waals surface area contributed by atoms with Gasteiger partial charge in [-0.3, -0.25) is 0 Å². The number of benzene rings is 1. The Morgan fingerprint density at radius 1 is 1.24 bits per heavy atom. The molecule has 3 aromatic rings. The van der Waals surface area contributed by atoms with E-state index < -0.39 is 0 Å². The first kappa shape index (κ1) is 13.9. The van der Waals surface area contributed by atoms with Gasteiger partial charge < -0.3 is 5.32 Å². The van der Waals surface area contributed by atoms with Crippen LogP contribution in [-0.2, 0) is 0 Å². The molecule has 0 saturated carbocycles. The predicted molar refractivity (Wildman–Crippen MR) is 83.6 cm³/mol. The molecule has 0 fully saturated rings. The first-order valence-corrected chi connectivity index (χ1v) is 7.73. The monoisotopic (exact) mass is 299 g/mol. The van der Waals surface area contributed by atoms with Crippen molar-refractivity contribution in [3.63, 3.8) is 0 Å². The smallest absolute Gasteiger partial charge is 0.0973 e. The Hall–Kier alpha value is -2.05. The highest BCUT2D eigenvalue weighted by atomic mass is 32.1. The summed E-state index contributed by atoms with van der Waals surface area (Å²) in [4.78, 5) is 0. The summed E-state index contributed by atoms with van der Waals surface area (Å²) in [6, 6.07) is 12.2. The van der Waals surface area contributed by atoms with Crippen LogP contribution in [0.3, 0.4) is 0 Å². The number of nitrogens with zero attached hydrogens (tertiary/aromatic N) is 4. The fraction of sp³-hybridized carbons (Fsp3) is 0.267. The molecule has 1 N–H and O–H groups in total. The predicted octanol–water partition coefficient (Wildman–Crippen LogP) is 2.81. The van der Waals surface area contributed by atoms with E-state index in [1.807, 2.05) is 53.5 Å². The number of aromatic nitrogens is 4. The van der Waals surface area contributed by atoms with Gasteiger partial charge in [-0.25, -0.2) is 4.68 Å². The molecule has 0 spiro atoms. The largest absolute Gasteiger partial charge is 0.304 e. The van der Waals surface area contributed by atoms with E-state index in [1.54, 1.807) is 0 Å². The second-order valence-electron chi connectivity index (χ2n) is 4.72. The molecule has 2 aromatic heterocycles. The first-order chi connectivity index (χ1) is 10.4. The molecular weight excluding hydrogens is 282 g/mol. The molecule has 0 aliphatic carbocycles. The van der Waals surface area contributed by atoms with E-state index in [0.29, 0.717) is 0 Å². The van der Waals surface area contributed by atoms with Crippen molar-refractivity contribution in [2.24, 2.45) is 0 Å². The second kappa shape index (κ2) is 6.60. The van der Waals surface area contributed by atoms with Crippen molar-refractivity contribution in [3.8, 4) is 5.69 Å². The summed E-state index contributed by atoms with van der Waals surface area (Å²) in [6.07, 6.45) is 4.70. The number of hydrogen-bond acceptors (Lipinski definition) is 5. The Morgan fingerprint density at radius 3 is 2.81 bits per heavy atom. The van der Waals surface area contributed by atoms with Gasteiger partial charge in [0.25, 0.3) is 0 Å². The van der Waals surface area contributed by atoms with Gasteiger partial charge in [0, 0.05) is 6.20 Å². The van der Waals surface area contributed by atoms with Crippen molar-refractivity contribution in [2.45, 2.75) is 19.4 Å². The van der Waals surface area contributed by atoms with Crippen LogP contribution in [0.25, 0.3) is 5.69 Å². The Labute approximate surface area is 128 Å². The topological polar surface area (TPSA) is 55.6 Å². The number of nitrogens with one attached hydrogen (secondary N) is 1. The van der Waals surface area contributed by atoms with Gasteiger partial charge in [0.1, 0.15) is 0 Å². The van der Waals surface area contributed by atoms with Gasteiger partial charge >= 0.3 is 0 Å². The second-order valence-corrected chi connectivity index (χ2v) is 5.28. The van der Waals surface area contributed by atoms with Gasteiger partial charge in [0.2, 0.25) is 0 Å². The molecule has 0 radical (unpaired) electrons. The third kappa shape index (κ3) is 3.01. The molecule has 6 heteroatoms. The molecule has 1 unspecified atom stereocenters. The number of para-hydroxylation sites is 1. The highest BCUT2D eigenvalue weighted by Crippen LogP contribution is 2.23. The molecule has 1 atom stereocenters. The van der Waals surface area contributed by atoms with E-state index in [4.69, 9.17) is 0 Å². The third-order valence-electron chi connectivity index (χ3n) is 3.24. The van der Waals surface area contributed by atoms with Gasteiger partial charge in [0.15, 0.2) is 0 Å². The Kier molecular flexibility index (Phi) is 4.37. The minimum absolute atomic E-state index is 0.00593. The van der Waals surface area contributed by atoms with Gasteiger partial charge in [-0.05, 0) is 31.2 Å². The maximum atomic E-state index is 4.46. The maximum Gasteiger partial charge on any atom is 0.0973 e. The fourth-order valence-corrected chi connectivity index (χ4v) is 2.71. The average molecular weight is 299 g/mol. The number of hydrogen-bond donors (Lipinski definition) is 1. The Bertz CT molecular complexity index is 662. The maximum absolute atomic E-state index is 4.46. The van der Waals surface area contributed by atoms with E-state index in [2.05, 4.69) is 26.1 Å². The lowest BCUT2D eigenvalue weighted by Crippen LogP contribution is -2.25. The van der Waals surface area contributed by atoms with Gasteiger partial charge in [0.05, 0.1) is 41.0 Å². The first-order valence-electron chi connectivity index (χ1n) is 7.00. The molecule has 0 aliphatic heterocycles. The molecule has 1 aromatic carbocycles. The summed E-state index contributed by atoms with van der Waals surface area (Å²) in [5.74, 6) is 0. The molecular formula is C15H17N5S. The minimum Gasteiger partial charge on any atom is -0.304 e. The molecule has 108 valence electrons. The van der Waals surface area contributed by atoms with Crippen LogP contribution in [0, 0.1) is 0 Å². The van der Waals surface area contributed by atoms with Gasteiger partial charge in [-0.2, -0.15) is 13.8 Å². The standard InChI is InChI=1S/C15H17N5S/c1-2-9-16-15(13-11-18-21-19-13)14-8-10-17-20(14)12-6-4-3-5-7-12/h3-8,10-11,15-16H,2,9H2,1H3. The molecule has 5 nitrogen and oxygen atoms in total. The molecule has 0 aliphatic rings. The molecule has 0 bridgehead atoms. The zero-order valence-corrected chi connectivity index (χ0v) is 12.6. The number of rotatable bonds is 6. The van der Waals surface area contributed by atoms with Gasteiger partial charge in [-0.1, -0.05) is 25.1 Å². The lowest BCUT2D eigenvalue weighted by atomic mass is 10.1. The lowest BCUT2D eigenvalue weighted by Gasteiger charge is -2.18. The summed E-state index contributed by atoms with van der Waals surface area (Å²) in [5.41, 5.74) is 3.05. The van der Waals surface area contributed by atoms with E-state index in [-0.39, 0.29) is 6.04 Å². The minimum atomic E-state index is 0.00593. The summed E-state index contributed by atoms with van der Waals surface area (Å²) in [5, 5.41) is 7.98. The highest BCUT2D eigenvalue weighted by molar-refractivity contribution is 6.99.